The number of methoxy groups -OCH3 is 1. The summed E-state index contributed by atoms with van der Waals surface area (Å²) in [7, 11) is 1.56. The van der Waals surface area contributed by atoms with E-state index < -0.39 is 12.0 Å². The average Bonchev–Trinajstić information content (AvgIpc) is 3.19. The smallest absolute Gasteiger partial charge is 0.338 e. The Balaban J connectivity index is 2.00. The molecule has 0 spiro atoms. The van der Waals surface area contributed by atoms with Gasteiger partial charge in [0.1, 0.15) is 17.5 Å². The van der Waals surface area contributed by atoms with Gasteiger partial charge in [-0.15, -0.1) is 0 Å². The number of allylic oxidation sites excluding steroid dienone is 1. The van der Waals surface area contributed by atoms with Crippen LogP contribution in [-0.4, -0.2) is 30.9 Å². The number of thiazole rings is 1. The van der Waals surface area contributed by atoms with Crippen molar-refractivity contribution in [3.63, 3.8) is 0 Å². The second-order valence-electron chi connectivity index (χ2n) is 8.42. The zero-order valence-electron chi connectivity index (χ0n) is 21.5. The van der Waals surface area contributed by atoms with Crippen LogP contribution in [0, 0.1) is 0 Å². The fourth-order valence-electron chi connectivity index (χ4n) is 4.36. The Morgan fingerprint density at radius 1 is 1.16 bits per heavy atom. The van der Waals surface area contributed by atoms with Crippen LogP contribution >= 0.6 is 38.9 Å². The summed E-state index contributed by atoms with van der Waals surface area (Å²) < 4.78 is 19.5. The van der Waals surface area contributed by atoms with Gasteiger partial charge >= 0.3 is 5.97 Å². The van der Waals surface area contributed by atoms with Crippen LogP contribution in [0.15, 0.2) is 61.9 Å². The summed E-state index contributed by atoms with van der Waals surface area (Å²) >= 11 is 11.2. The van der Waals surface area contributed by atoms with Crippen LogP contribution in [0.2, 0.25) is 5.02 Å². The number of nitrogens with zero attached hydrogens (tertiary/aromatic N) is 2. The SMILES string of the molecule is CCCC1=C(C(=O)OCC)[C@H](c2cc(Br)ccc2OC)n2c(s/c(=C/c3ccc(OCC)c(Cl)c3)c2=O)=N1. The highest BCUT2D eigenvalue weighted by Gasteiger charge is 2.36. The van der Waals surface area contributed by atoms with Crippen molar-refractivity contribution in [1.82, 2.24) is 4.57 Å². The molecule has 0 saturated carbocycles. The fraction of sp³-hybridized carbons (Fsp3) is 0.321. The number of carbonyl (C=O) groups is 1. The summed E-state index contributed by atoms with van der Waals surface area (Å²) in [6.45, 7) is 6.36. The molecule has 0 radical (unpaired) electrons. The van der Waals surface area contributed by atoms with Gasteiger partial charge in [0.25, 0.3) is 5.56 Å². The molecule has 0 unspecified atom stereocenters. The molecule has 1 aliphatic rings. The molecular weight excluding hydrogens is 592 g/mol. The summed E-state index contributed by atoms with van der Waals surface area (Å²) in [6, 6.07) is 10.1. The van der Waals surface area contributed by atoms with Gasteiger partial charge in [-0.2, -0.15) is 0 Å². The lowest BCUT2D eigenvalue weighted by molar-refractivity contribution is -0.139. The molecule has 38 heavy (non-hydrogen) atoms. The molecule has 10 heteroatoms. The van der Waals surface area contributed by atoms with Crippen LogP contribution < -0.4 is 24.4 Å². The number of benzene rings is 2. The quantitative estimate of drug-likeness (QED) is 0.300. The van der Waals surface area contributed by atoms with E-state index in [2.05, 4.69) is 15.9 Å². The molecule has 200 valence electrons. The van der Waals surface area contributed by atoms with Crippen molar-refractivity contribution in [2.24, 2.45) is 4.99 Å². The molecule has 0 amide bonds. The number of halogens is 2. The van der Waals surface area contributed by atoms with Gasteiger partial charge in [-0.1, -0.05) is 58.3 Å². The van der Waals surface area contributed by atoms with E-state index in [4.69, 9.17) is 30.8 Å². The summed E-state index contributed by atoms with van der Waals surface area (Å²) in [6.07, 6.45) is 3.10. The molecule has 0 aliphatic carbocycles. The first-order valence-electron chi connectivity index (χ1n) is 12.3. The zero-order valence-corrected chi connectivity index (χ0v) is 24.7. The number of fused-ring (bicyclic) bond motifs is 1. The molecule has 0 fully saturated rings. The molecule has 0 N–H and O–H groups in total. The van der Waals surface area contributed by atoms with Crippen LogP contribution in [0.1, 0.15) is 50.8 Å². The molecule has 2 aromatic carbocycles. The van der Waals surface area contributed by atoms with E-state index in [1.165, 1.54) is 11.3 Å². The zero-order chi connectivity index (χ0) is 27.4. The molecule has 2 heterocycles. The van der Waals surface area contributed by atoms with Crippen molar-refractivity contribution in [3.05, 3.63) is 88.0 Å². The topological polar surface area (TPSA) is 79.1 Å². The third-order valence-corrected chi connectivity index (χ3v) is 7.70. The molecular formula is C28H28BrClN2O5S. The van der Waals surface area contributed by atoms with Gasteiger partial charge in [0.15, 0.2) is 4.80 Å². The average molecular weight is 620 g/mol. The molecule has 4 rings (SSSR count). The van der Waals surface area contributed by atoms with E-state index >= 15 is 0 Å². The van der Waals surface area contributed by atoms with E-state index in [1.54, 1.807) is 42.9 Å². The Morgan fingerprint density at radius 2 is 1.92 bits per heavy atom. The normalized spacial score (nSPS) is 15.2. The number of ether oxygens (including phenoxy) is 3. The van der Waals surface area contributed by atoms with Gasteiger partial charge in [0.2, 0.25) is 0 Å². The molecule has 0 saturated heterocycles. The van der Waals surface area contributed by atoms with Crippen molar-refractivity contribution >= 4 is 50.9 Å². The number of carbonyl (C=O) groups excluding carboxylic acids is 1. The Morgan fingerprint density at radius 3 is 2.58 bits per heavy atom. The molecule has 1 atom stereocenters. The maximum atomic E-state index is 13.9. The summed E-state index contributed by atoms with van der Waals surface area (Å²) in [5.41, 5.74) is 2.08. The molecule has 3 aromatic rings. The lowest BCUT2D eigenvalue weighted by Gasteiger charge is -2.27. The van der Waals surface area contributed by atoms with Gasteiger partial charge in [-0.25, -0.2) is 9.79 Å². The number of esters is 1. The van der Waals surface area contributed by atoms with Crippen molar-refractivity contribution in [2.45, 2.75) is 39.7 Å². The highest BCUT2D eigenvalue weighted by molar-refractivity contribution is 9.10. The second-order valence-corrected chi connectivity index (χ2v) is 10.8. The lowest BCUT2D eigenvalue weighted by atomic mass is 9.93. The third kappa shape index (κ3) is 5.60. The van der Waals surface area contributed by atoms with Crippen molar-refractivity contribution in [3.8, 4) is 11.5 Å². The van der Waals surface area contributed by atoms with E-state index in [0.29, 0.717) is 55.7 Å². The largest absolute Gasteiger partial charge is 0.496 e. The highest BCUT2D eigenvalue weighted by atomic mass is 79.9. The predicted molar refractivity (Wildman–Crippen MR) is 153 cm³/mol. The van der Waals surface area contributed by atoms with E-state index in [0.717, 1.165) is 16.5 Å². The van der Waals surface area contributed by atoms with E-state index in [-0.39, 0.29) is 12.2 Å². The maximum absolute atomic E-state index is 13.9. The van der Waals surface area contributed by atoms with Crippen molar-refractivity contribution in [1.29, 1.82) is 0 Å². The fourth-order valence-corrected chi connectivity index (χ4v) is 6.01. The first-order valence-corrected chi connectivity index (χ1v) is 14.3. The van der Waals surface area contributed by atoms with Gasteiger partial charge in [0, 0.05) is 10.0 Å². The van der Waals surface area contributed by atoms with Gasteiger partial charge < -0.3 is 14.2 Å². The number of hydrogen-bond acceptors (Lipinski definition) is 7. The number of rotatable bonds is 9. The van der Waals surface area contributed by atoms with Crippen LogP contribution in [0.5, 0.6) is 11.5 Å². The summed E-state index contributed by atoms with van der Waals surface area (Å²) in [5, 5.41) is 0.458. The standard InChI is InChI=1S/C28H28BrClN2O5S/c1-5-8-20-24(27(34)37-7-3)25(18-15-17(29)10-12-21(18)35-4)32-26(33)23(38-28(32)31-20)14-16-9-11-22(36-6-2)19(30)13-16/h9-15,25H,5-8H2,1-4H3/b23-14+/t25-/m0/s1. The molecule has 0 bridgehead atoms. The van der Waals surface area contributed by atoms with Crippen LogP contribution in [0.25, 0.3) is 6.08 Å². The number of aromatic nitrogens is 1. The molecule has 7 nitrogen and oxygen atoms in total. The minimum absolute atomic E-state index is 0.201. The first-order chi connectivity index (χ1) is 18.3. The second kappa shape index (κ2) is 12.3. The molecule has 1 aliphatic heterocycles. The number of hydrogen-bond donors (Lipinski definition) is 0. The van der Waals surface area contributed by atoms with E-state index in [1.807, 2.05) is 32.0 Å². The monoisotopic (exact) mass is 618 g/mol. The van der Waals surface area contributed by atoms with E-state index in [9.17, 15) is 9.59 Å². The van der Waals surface area contributed by atoms with Crippen molar-refractivity contribution in [2.75, 3.05) is 20.3 Å². The highest BCUT2D eigenvalue weighted by Crippen LogP contribution is 2.38. The molecule has 1 aromatic heterocycles. The lowest BCUT2D eigenvalue weighted by Crippen LogP contribution is -2.40. The Hall–Kier alpha value is -2.88. The summed E-state index contributed by atoms with van der Waals surface area (Å²) in [5.74, 6) is 0.628. The summed E-state index contributed by atoms with van der Waals surface area (Å²) in [4.78, 5) is 32.6. The first kappa shape index (κ1) is 28.1. The minimum Gasteiger partial charge on any atom is -0.496 e. The van der Waals surface area contributed by atoms with Gasteiger partial charge in [0.05, 0.1) is 41.1 Å². The predicted octanol–water partition coefficient (Wildman–Crippen LogP) is 5.40. The van der Waals surface area contributed by atoms with Crippen LogP contribution in [-0.2, 0) is 9.53 Å². The minimum atomic E-state index is -0.773. The Labute approximate surface area is 238 Å². The Kier molecular flexibility index (Phi) is 9.12. The van der Waals surface area contributed by atoms with Gasteiger partial charge in [-0.3, -0.25) is 9.36 Å². The Bertz CT molecular complexity index is 1580. The van der Waals surface area contributed by atoms with Crippen LogP contribution in [0.4, 0.5) is 0 Å². The van der Waals surface area contributed by atoms with Gasteiger partial charge in [-0.05, 0) is 62.2 Å². The maximum Gasteiger partial charge on any atom is 0.338 e. The van der Waals surface area contributed by atoms with Crippen LogP contribution in [0.3, 0.4) is 0 Å². The third-order valence-electron chi connectivity index (χ3n) is 5.93. The van der Waals surface area contributed by atoms with Crippen molar-refractivity contribution < 1.29 is 19.0 Å².